The van der Waals surface area contributed by atoms with Crippen LogP contribution in [0.15, 0.2) is 12.4 Å². The summed E-state index contributed by atoms with van der Waals surface area (Å²) in [6, 6.07) is 0.573. The number of rotatable bonds is 8. The highest BCUT2D eigenvalue weighted by Crippen LogP contribution is 2.08. The Hall–Kier alpha value is -1.03. The molecule has 0 saturated heterocycles. The van der Waals surface area contributed by atoms with Crippen LogP contribution in [0.4, 0.5) is 0 Å². The van der Waals surface area contributed by atoms with E-state index in [2.05, 4.69) is 31.2 Å². The fraction of sp³-hybridized carbons (Fsp3) is 0.750. The van der Waals surface area contributed by atoms with Crippen molar-refractivity contribution in [3.63, 3.8) is 0 Å². The van der Waals surface area contributed by atoms with E-state index in [9.17, 15) is 0 Å². The lowest BCUT2D eigenvalue weighted by Crippen LogP contribution is -2.23. The monoisotopic (exact) mass is 225 g/mol. The third kappa shape index (κ3) is 5.16. The molecule has 0 fully saturated rings. The van der Waals surface area contributed by atoms with Crippen LogP contribution in [0.2, 0.25) is 0 Å². The zero-order chi connectivity index (χ0) is 11.8. The molecule has 16 heavy (non-hydrogen) atoms. The summed E-state index contributed by atoms with van der Waals surface area (Å²) in [7, 11) is 0. The topological polar surface area (TPSA) is 39.1 Å². The smallest absolute Gasteiger partial charge is 0.157 e. The molecule has 1 aromatic heterocycles. The van der Waals surface area contributed by atoms with Crippen molar-refractivity contribution in [3.8, 4) is 5.75 Å². The first kappa shape index (κ1) is 13.0. The van der Waals surface area contributed by atoms with Gasteiger partial charge >= 0.3 is 0 Å². The zero-order valence-corrected chi connectivity index (χ0v) is 10.6. The van der Waals surface area contributed by atoms with Crippen LogP contribution in [0.25, 0.3) is 0 Å². The van der Waals surface area contributed by atoms with E-state index in [0.717, 1.165) is 38.3 Å². The molecule has 0 aromatic carbocycles. The maximum absolute atomic E-state index is 5.58. The van der Waals surface area contributed by atoms with Gasteiger partial charge in [0.25, 0.3) is 0 Å². The number of nitrogens with zero attached hydrogens (tertiary/aromatic N) is 2. The number of hydrogen-bond acceptors (Lipinski definition) is 3. The van der Waals surface area contributed by atoms with Crippen molar-refractivity contribution in [3.05, 3.63) is 12.4 Å². The summed E-state index contributed by atoms with van der Waals surface area (Å²) in [4.78, 5) is 0. The van der Waals surface area contributed by atoms with Crippen LogP contribution < -0.4 is 10.1 Å². The molecule has 4 nitrogen and oxygen atoms in total. The molecule has 1 N–H and O–H groups in total. The maximum atomic E-state index is 5.58. The van der Waals surface area contributed by atoms with Gasteiger partial charge in [0.15, 0.2) is 5.75 Å². The minimum Gasteiger partial charge on any atom is -0.490 e. The molecular formula is C12H23N3O. The zero-order valence-electron chi connectivity index (χ0n) is 10.6. The molecule has 0 unspecified atom stereocenters. The Morgan fingerprint density at radius 1 is 1.44 bits per heavy atom. The second kappa shape index (κ2) is 7.28. The molecular weight excluding hydrogens is 202 g/mol. The molecule has 1 aromatic rings. The van der Waals surface area contributed by atoms with Crippen molar-refractivity contribution in [1.29, 1.82) is 0 Å². The van der Waals surface area contributed by atoms with Crippen molar-refractivity contribution in [2.24, 2.45) is 0 Å². The normalized spacial score (nSPS) is 11.0. The van der Waals surface area contributed by atoms with Gasteiger partial charge in [-0.2, -0.15) is 5.10 Å². The fourth-order valence-corrected chi connectivity index (χ4v) is 1.40. The molecule has 92 valence electrons. The number of hydrogen-bond donors (Lipinski definition) is 1. The van der Waals surface area contributed by atoms with Gasteiger partial charge in [0.1, 0.15) is 0 Å². The SMILES string of the molecule is CCn1cc(OCCCCNC(C)C)cn1. The average Bonchev–Trinajstić information content (AvgIpc) is 2.70. The Bertz CT molecular complexity index is 284. The van der Waals surface area contributed by atoms with Crippen LogP contribution in [-0.2, 0) is 6.54 Å². The largest absolute Gasteiger partial charge is 0.490 e. The maximum Gasteiger partial charge on any atom is 0.157 e. The standard InChI is InChI=1S/C12H23N3O/c1-4-15-10-12(9-14-15)16-8-6-5-7-13-11(2)3/h9-11,13H,4-8H2,1-3H3. The van der Waals surface area contributed by atoms with Gasteiger partial charge in [0, 0.05) is 12.6 Å². The molecule has 4 heteroatoms. The molecule has 0 aliphatic heterocycles. The fourth-order valence-electron chi connectivity index (χ4n) is 1.40. The van der Waals surface area contributed by atoms with Gasteiger partial charge in [-0.05, 0) is 26.3 Å². The summed E-state index contributed by atoms with van der Waals surface area (Å²) in [6.45, 7) is 9.12. The summed E-state index contributed by atoms with van der Waals surface area (Å²) >= 11 is 0. The number of nitrogens with one attached hydrogen (secondary N) is 1. The lowest BCUT2D eigenvalue weighted by Gasteiger charge is -2.07. The van der Waals surface area contributed by atoms with Gasteiger partial charge in [-0.3, -0.25) is 4.68 Å². The molecule has 0 bridgehead atoms. The molecule has 0 atom stereocenters. The highest BCUT2D eigenvalue weighted by Gasteiger charge is 1.97. The summed E-state index contributed by atoms with van der Waals surface area (Å²) in [5, 5.41) is 7.54. The Morgan fingerprint density at radius 2 is 2.25 bits per heavy atom. The van der Waals surface area contributed by atoms with E-state index < -0.39 is 0 Å². The third-order valence-corrected chi connectivity index (χ3v) is 2.33. The van der Waals surface area contributed by atoms with Gasteiger partial charge in [0.2, 0.25) is 0 Å². The summed E-state index contributed by atoms with van der Waals surface area (Å²) in [6.07, 6.45) is 5.94. The average molecular weight is 225 g/mol. The van der Waals surface area contributed by atoms with Gasteiger partial charge in [-0.25, -0.2) is 0 Å². The number of aromatic nitrogens is 2. The Balaban J connectivity index is 2.02. The van der Waals surface area contributed by atoms with Gasteiger partial charge in [-0.15, -0.1) is 0 Å². The second-order valence-corrected chi connectivity index (χ2v) is 4.20. The Kier molecular flexibility index (Phi) is 5.93. The van der Waals surface area contributed by atoms with E-state index in [0.29, 0.717) is 6.04 Å². The van der Waals surface area contributed by atoms with E-state index in [1.165, 1.54) is 0 Å². The van der Waals surface area contributed by atoms with Crippen molar-refractivity contribution in [1.82, 2.24) is 15.1 Å². The highest BCUT2D eigenvalue weighted by molar-refractivity contribution is 5.11. The summed E-state index contributed by atoms with van der Waals surface area (Å²) in [5.74, 6) is 0.874. The van der Waals surface area contributed by atoms with E-state index in [4.69, 9.17) is 4.74 Å². The molecule has 0 amide bonds. The van der Waals surface area contributed by atoms with E-state index >= 15 is 0 Å². The van der Waals surface area contributed by atoms with Crippen LogP contribution in [-0.4, -0.2) is 29.0 Å². The van der Waals surface area contributed by atoms with Crippen LogP contribution in [0.5, 0.6) is 5.75 Å². The quantitative estimate of drug-likeness (QED) is 0.688. The molecule has 1 heterocycles. The van der Waals surface area contributed by atoms with E-state index in [-0.39, 0.29) is 0 Å². The number of unbranched alkanes of at least 4 members (excludes halogenated alkanes) is 1. The first-order chi connectivity index (χ1) is 7.72. The first-order valence-electron chi connectivity index (χ1n) is 6.11. The highest BCUT2D eigenvalue weighted by atomic mass is 16.5. The summed E-state index contributed by atoms with van der Waals surface area (Å²) in [5.41, 5.74) is 0. The number of ether oxygens (including phenoxy) is 1. The van der Waals surface area contributed by atoms with Crippen LogP contribution in [0.3, 0.4) is 0 Å². The molecule has 0 spiro atoms. The predicted octanol–water partition coefficient (Wildman–Crippen LogP) is 2.06. The van der Waals surface area contributed by atoms with Gasteiger partial charge < -0.3 is 10.1 Å². The first-order valence-corrected chi connectivity index (χ1v) is 6.11. The van der Waals surface area contributed by atoms with Crippen molar-refractivity contribution >= 4 is 0 Å². The van der Waals surface area contributed by atoms with Gasteiger partial charge in [0.05, 0.1) is 19.0 Å². The van der Waals surface area contributed by atoms with Crippen molar-refractivity contribution < 1.29 is 4.74 Å². The Labute approximate surface area is 98.0 Å². The van der Waals surface area contributed by atoms with Gasteiger partial charge in [-0.1, -0.05) is 13.8 Å². The minimum atomic E-state index is 0.573. The molecule has 0 aliphatic rings. The molecule has 1 rings (SSSR count). The number of aryl methyl sites for hydroxylation is 1. The van der Waals surface area contributed by atoms with Crippen molar-refractivity contribution in [2.45, 2.75) is 46.2 Å². The molecule has 0 aliphatic carbocycles. The van der Waals surface area contributed by atoms with E-state index in [1.807, 2.05) is 10.9 Å². The summed E-state index contributed by atoms with van der Waals surface area (Å²) < 4.78 is 7.46. The lowest BCUT2D eigenvalue weighted by atomic mass is 10.3. The predicted molar refractivity (Wildman–Crippen MR) is 65.8 cm³/mol. The third-order valence-electron chi connectivity index (χ3n) is 2.33. The Morgan fingerprint density at radius 3 is 2.88 bits per heavy atom. The molecule has 0 saturated carbocycles. The minimum absolute atomic E-state index is 0.573. The lowest BCUT2D eigenvalue weighted by molar-refractivity contribution is 0.304. The second-order valence-electron chi connectivity index (χ2n) is 4.20. The van der Waals surface area contributed by atoms with Crippen LogP contribution in [0.1, 0.15) is 33.6 Å². The molecule has 0 radical (unpaired) electrons. The van der Waals surface area contributed by atoms with Crippen LogP contribution >= 0.6 is 0 Å². The van der Waals surface area contributed by atoms with E-state index in [1.54, 1.807) is 6.20 Å². The van der Waals surface area contributed by atoms with Crippen molar-refractivity contribution in [2.75, 3.05) is 13.2 Å². The van der Waals surface area contributed by atoms with Crippen LogP contribution in [0, 0.1) is 0 Å².